The Balaban J connectivity index is 1.97. The van der Waals surface area contributed by atoms with Crippen LogP contribution in [0.2, 0.25) is 0 Å². The van der Waals surface area contributed by atoms with Crippen LogP contribution in [0.15, 0.2) is 48.3 Å². The predicted octanol–water partition coefficient (Wildman–Crippen LogP) is 3.89. The van der Waals surface area contributed by atoms with Crippen molar-refractivity contribution in [1.29, 1.82) is 5.41 Å². The molecular weight excluding hydrogens is 338 g/mol. The highest BCUT2D eigenvalue weighted by Gasteiger charge is 2.46. The first-order chi connectivity index (χ1) is 12.9. The number of nitrogens with one attached hydrogen (secondary N) is 2. The molecule has 2 N–H and O–H groups in total. The lowest BCUT2D eigenvalue weighted by Gasteiger charge is -2.46. The molecule has 1 amide bonds. The molecule has 0 aromatic heterocycles. The Morgan fingerprint density at radius 1 is 1.41 bits per heavy atom. The minimum Gasteiger partial charge on any atom is -0.501 e. The number of carbonyl (C=O) groups is 1. The van der Waals surface area contributed by atoms with Crippen LogP contribution in [0.4, 0.5) is 0 Å². The number of hydrogen-bond donors (Lipinski definition) is 2. The van der Waals surface area contributed by atoms with E-state index in [0.717, 1.165) is 30.6 Å². The second-order valence-corrected chi connectivity index (χ2v) is 7.57. The normalized spacial score (nSPS) is 28.0. The van der Waals surface area contributed by atoms with Crippen molar-refractivity contribution in [3.63, 3.8) is 0 Å². The van der Waals surface area contributed by atoms with E-state index < -0.39 is 5.54 Å². The van der Waals surface area contributed by atoms with Crippen LogP contribution in [0.25, 0.3) is 0 Å². The molecule has 1 aliphatic carbocycles. The van der Waals surface area contributed by atoms with Crippen LogP contribution in [0.3, 0.4) is 0 Å². The zero-order valence-electron chi connectivity index (χ0n) is 16.6. The SMILES string of the molecule is CCC[C@@H]1C(=O)N(C)C(=N)N[C@]1(C)c1cccc(C2C=CC=C(OC)C2)c1. The number of ether oxygens (including phenoxy) is 1. The summed E-state index contributed by atoms with van der Waals surface area (Å²) in [5.74, 6) is 1.18. The molecule has 27 heavy (non-hydrogen) atoms. The van der Waals surface area contributed by atoms with Gasteiger partial charge in [0.15, 0.2) is 5.96 Å². The van der Waals surface area contributed by atoms with E-state index in [1.54, 1.807) is 14.2 Å². The summed E-state index contributed by atoms with van der Waals surface area (Å²) < 4.78 is 5.42. The lowest BCUT2D eigenvalue weighted by molar-refractivity contribution is -0.135. The number of guanidine groups is 1. The number of allylic oxidation sites excluding steroid dienone is 4. The van der Waals surface area contributed by atoms with E-state index in [9.17, 15) is 4.79 Å². The van der Waals surface area contributed by atoms with E-state index >= 15 is 0 Å². The first-order valence-electron chi connectivity index (χ1n) is 9.56. The van der Waals surface area contributed by atoms with Crippen molar-refractivity contribution in [3.8, 4) is 0 Å². The molecule has 1 aromatic rings. The highest BCUT2D eigenvalue weighted by atomic mass is 16.5. The minimum atomic E-state index is -0.592. The summed E-state index contributed by atoms with van der Waals surface area (Å²) in [5, 5.41) is 11.5. The molecule has 0 saturated carbocycles. The van der Waals surface area contributed by atoms with Gasteiger partial charge in [-0.25, -0.2) is 0 Å². The molecule has 1 heterocycles. The first-order valence-corrected chi connectivity index (χ1v) is 9.56. The Morgan fingerprint density at radius 2 is 2.19 bits per heavy atom. The summed E-state index contributed by atoms with van der Waals surface area (Å²) >= 11 is 0. The van der Waals surface area contributed by atoms with Crippen LogP contribution in [-0.4, -0.2) is 30.9 Å². The molecule has 1 aliphatic heterocycles. The van der Waals surface area contributed by atoms with Crippen molar-refractivity contribution in [2.45, 2.75) is 44.6 Å². The Labute approximate surface area is 161 Å². The van der Waals surface area contributed by atoms with Crippen molar-refractivity contribution in [2.75, 3.05) is 14.2 Å². The first kappa shape index (κ1) is 19.2. The molecule has 1 fully saturated rings. The highest BCUT2D eigenvalue weighted by molar-refractivity contribution is 6.00. The molecule has 0 radical (unpaired) electrons. The average Bonchev–Trinajstić information content (AvgIpc) is 2.70. The van der Waals surface area contributed by atoms with Crippen LogP contribution >= 0.6 is 0 Å². The van der Waals surface area contributed by atoms with Gasteiger partial charge in [0.2, 0.25) is 5.91 Å². The molecule has 5 nitrogen and oxygen atoms in total. The fourth-order valence-corrected chi connectivity index (χ4v) is 4.10. The Hall–Kier alpha value is -2.56. The van der Waals surface area contributed by atoms with Crippen molar-refractivity contribution < 1.29 is 9.53 Å². The van der Waals surface area contributed by atoms with Crippen LogP contribution in [-0.2, 0) is 15.1 Å². The molecule has 3 rings (SSSR count). The number of hydrogen-bond acceptors (Lipinski definition) is 3. The summed E-state index contributed by atoms with van der Waals surface area (Å²) in [6.45, 7) is 4.14. The van der Waals surface area contributed by atoms with Gasteiger partial charge in [-0.2, -0.15) is 0 Å². The van der Waals surface area contributed by atoms with E-state index in [1.165, 1.54) is 10.5 Å². The van der Waals surface area contributed by atoms with Gasteiger partial charge in [0.1, 0.15) is 0 Å². The zero-order chi connectivity index (χ0) is 19.6. The molecule has 2 aliphatic rings. The minimum absolute atomic E-state index is 0.00988. The maximum absolute atomic E-state index is 12.9. The third kappa shape index (κ3) is 3.51. The number of amides is 1. The Morgan fingerprint density at radius 3 is 2.89 bits per heavy atom. The van der Waals surface area contributed by atoms with Gasteiger partial charge >= 0.3 is 0 Å². The molecule has 3 atom stereocenters. The van der Waals surface area contributed by atoms with Crippen LogP contribution in [0.1, 0.15) is 50.2 Å². The number of carbonyl (C=O) groups excluding carboxylic acids is 1. The number of methoxy groups -OCH3 is 1. The molecule has 1 aromatic carbocycles. The van der Waals surface area contributed by atoms with Crippen LogP contribution in [0.5, 0.6) is 0 Å². The van der Waals surface area contributed by atoms with Gasteiger partial charge in [-0.3, -0.25) is 15.1 Å². The third-order valence-electron chi connectivity index (χ3n) is 5.84. The Kier molecular flexibility index (Phi) is 5.40. The molecular formula is C22H29N3O2. The third-order valence-corrected chi connectivity index (χ3v) is 5.84. The average molecular weight is 367 g/mol. The second-order valence-electron chi connectivity index (χ2n) is 7.57. The maximum atomic E-state index is 12.9. The summed E-state index contributed by atoms with van der Waals surface area (Å²) in [6.07, 6.45) is 8.75. The predicted molar refractivity (Wildman–Crippen MR) is 107 cm³/mol. The zero-order valence-corrected chi connectivity index (χ0v) is 16.6. The second kappa shape index (κ2) is 7.59. The van der Waals surface area contributed by atoms with Gasteiger partial charge in [-0.15, -0.1) is 0 Å². The van der Waals surface area contributed by atoms with E-state index in [0.29, 0.717) is 0 Å². The summed E-state index contributed by atoms with van der Waals surface area (Å²) in [6, 6.07) is 8.41. The summed E-state index contributed by atoms with van der Waals surface area (Å²) in [4.78, 5) is 14.3. The van der Waals surface area contributed by atoms with Gasteiger partial charge in [0.05, 0.1) is 24.3 Å². The standard InChI is InChI=1S/C22H29N3O2/c1-5-8-19-20(26)25(3)21(23)24-22(19,2)17-11-6-9-15(13-17)16-10-7-12-18(14-16)27-4/h6-7,9-13,16,19H,5,8,14H2,1-4H3,(H2,23,24)/t16?,19-,22-/m1/s1. The molecule has 0 spiro atoms. The van der Waals surface area contributed by atoms with Gasteiger partial charge in [0.25, 0.3) is 0 Å². The van der Waals surface area contributed by atoms with Crippen molar-refractivity contribution in [2.24, 2.45) is 5.92 Å². The van der Waals surface area contributed by atoms with Gasteiger partial charge < -0.3 is 10.1 Å². The molecule has 144 valence electrons. The van der Waals surface area contributed by atoms with E-state index in [4.69, 9.17) is 10.1 Å². The summed E-state index contributed by atoms with van der Waals surface area (Å²) in [5.41, 5.74) is 1.65. The summed E-state index contributed by atoms with van der Waals surface area (Å²) in [7, 11) is 3.37. The van der Waals surface area contributed by atoms with Gasteiger partial charge in [-0.05, 0) is 30.5 Å². The molecule has 5 heteroatoms. The number of benzene rings is 1. The molecule has 0 bridgehead atoms. The van der Waals surface area contributed by atoms with E-state index in [1.807, 2.05) is 25.1 Å². The number of rotatable bonds is 5. The van der Waals surface area contributed by atoms with Crippen molar-refractivity contribution >= 4 is 11.9 Å². The van der Waals surface area contributed by atoms with Gasteiger partial charge in [0, 0.05) is 19.4 Å². The monoisotopic (exact) mass is 367 g/mol. The topological polar surface area (TPSA) is 65.4 Å². The van der Waals surface area contributed by atoms with Gasteiger partial charge in [-0.1, -0.05) is 49.8 Å². The maximum Gasteiger partial charge on any atom is 0.234 e. The highest BCUT2D eigenvalue weighted by Crippen LogP contribution is 2.38. The Bertz CT molecular complexity index is 799. The van der Waals surface area contributed by atoms with Crippen LogP contribution in [0, 0.1) is 11.3 Å². The van der Waals surface area contributed by atoms with Crippen molar-refractivity contribution in [1.82, 2.24) is 10.2 Å². The lowest BCUT2D eigenvalue weighted by atomic mass is 9.74. The molecule has 1 saturated heterocycles. The smallest absolute Gasteiger partial charge is 0.234 e. The van der Waals surface area contributed by atoms with Crippen molar-refractivity contribution in [3.05, 3.63) is 59.4 Å². The lowest BCUT2D eigenvalue weighted by Crippen LogP contribution is -2.63. The molecule has 1 unspecified atom stereocenters. The number of nitrogens with zero attached hydrogens (tertiary/aromatic N) is 1. The van der Waals surface area contributed by atoms with Crippen LogP contribution < -0.4 is 5.32 Å². The van der Waals surface area contributed by atoms with E-state index in [2.05, 4.69) is 36.5 Å². The largest absolute Gasteiger partial charge is 0.501 e. The quantitative estimate of drug-likeness (QED) is 0.830. The fraction of sp³-hybridized carbons (Fsp3) is 0.455. The fourth-order valence-electron chi connectivity index (χ4n) is 4.10. The van der Waals surface area contributed by atoms with E-state index in [-0.39, 0.29) is 23.7 Å².